The molecule has 1 fully saturated rings. The highest BCUT2D eigenvalue weighted by Crippen LogP contribution is 2.35. The summed E-state index contributed by atoms with van der Waals surface area (Å²) in [5, 5.41) is 0. The Balaban J connectivity index is 1.51. The molecule has 0 atom stereocenters. The number of morpholine rings is 1. The Morgan fingerprint density at radius 2 is 1.88 bits per heavy atom. The first-order valence-corrected chi connectivity index (χ1v) is 11.4. The van der Waals surface area contributed by atoms with Gasteiger partial charge in [-0.2, -0.15) is 0 Å². The van der Waals surface area contributed by atoms with Gasteiger partial charge in [0.1, 0.15) is 0 Å². The number of aromatic nitrogens is 4. The molecule has 168 valence electrons. The van der Waals surface area contributed by atoms with Crippen LogP contribution in [0.3, 0.4) is 0 Å². The Morgan fingerprint density at radius 3 is 2.61 bits per heavy atom. The van der Waals surface area contributed by atoms with Crippen LogP contribution in [0.15, 0.2) is 48.8 Å². The number of thiophene rings is 1. The summed E-state index contributed by atoms with van der Waals surface area (Å²) in [6, 6.07) is 11.3. The van der Waals surface area contributed by atoms with Crippen molar-refractivity contribution in [3.05, 3.63) is 59.2 Å². The van der Waals surface area contributed by atoms with E-state index in [-0.39, 0.29) is 11.9 Å². The van der Waals surface area contributed by atoms with Gasteiger partial charge in [-0.15, -0.1) is 11.3 Å². The van der Waals surface area contributed by atoms with Crippen LogP contribution in [0.5, 0.6) is 0 Å². The predicted molar refractivity (Wildman–Crippen MR) is 128 cm³/mol. The molecule has 3 aromatic heterocycles. The van der Waals surface area contributed by atoms with Crippen LogP contribution in [0.25, 0.3) is 21.6 Å². The van der Waals surface area contributed by atoms with E-state index in [0.717, 1.165) is 34.0 Å². The van der Waals surface area contributed by atoms with Crippen LogP contribution in [0, 0.1) is 0 Å². The van der Waals surface area contributed by atoms with Gasteiger partial charge in [-0.3, -0.25) is 4.79 Å². The molecule has 0 spiro atoms. The maximum Gasteiger partial charge on any atom is 0.253 e. The van der Waals surface area contributed by atoms with Crippen molar-refractivity contribution >= 4 is 39.2 Å². The summed E-state index contributed by atoms with van der Waals surface area (Å²) in [6.07, 6.45) is 3.26. The average Bonchev–Trinajstić information content (AvgIpc) is 3.26. The number of hydrogen-bond donors (Lipinski definition) is 1. The first-order valence-electron chi connectivity index (χ1n) is 10.6. The molecule has 2 N–H and O–H groups in total. The molecule has 0 aliphatic carbocycles. The van der Waals surface area contributed by atoms with Gasteiger partial charge in [0.15, 0.2) is 11.6 Å². The van der Waals surface area contributed by atoms with Crippen molar-refractivity contribution in [2.24, 2.45) is 0 Å². The third-order valence-corrected chi connectivity index (χ3v) is 6.51. The Labute approximate surface area is 194 Å². The van der Waals surface area contributed by atoms with Gasteiger partial charge in [0.25, 0.3) is 5.91 Å². The number of ether oxygens (including phenoxy) is 1. The highest BCUT2D eigenvalue weighted by atomic mass is 32.1. The molecule has 0 unspecified atom stereocenters. The Kier molecular flexibility index (Phi) is 5.84. The number of anilines is 2. The molecule has 5 rings (SSSR count). The number of fused-ring (bicyclic) bond motifs is 1. The number of carbonyl (C=O) groups is 1. The van der Waals surface area contributed by atoms with Crippen molar-refractivity contribution in [3.8, 4) is 11.4 Å². The Hall–Kier alpha value is -3.63. The van der Waals surface area contributed by atoms with Crippen LogP contribution in [0.1, 0.15) is 15.2 Å². The zero-order valence-electron chi connectivity index (χ0n) is 18.1. The molecule has 1 saturated heterocycles. The average molecular weight is 462 g/mol. The first-order chi connectivity index (χ1) is 16.1. The summed E-state index contributed by atoms with van der Waals surface area (Å²) in [4.78, 5) is 35.6. The van der Waals surface area contributed by atoms with Crippen molar-refractivity contribution in [1.82, 2.24) is 24.8 Å². The fourth-order valence-corrected chi connectivity index (χ4v) is 4.89. The van der Waals surface area contributed by atoms with E-state index < -0.39 is 0 Å². The minimum atomic E-state index is -0.0211. The van der Waals surface area contributed by atoms with Crippen LogP contribution >= 0.6 is 11.3 Å². The van der Waals surface area contributed by atoms with Crippen LogP contribution in [0.4, 0.5) is 11.8 Å². The first kappa shape index (κ1) is 21.2. The molecule has 4 heterocycles. The number of rotatable bonds is 5. The predicted octanol–water partition coefficient (Wildman–Crippen LogP) is 2.84. The lowest BCUT2D eigenvalue weighted by atomic mass is 10.2. The van der Waals surface area contributed by atoms with Crippen molar-refractivity contribution in [1.29, 1.82) is 0 Å². The van der Waals surface area contributed by atoms with Gasteiger partial charge in [-0.05, 0) is 18.2 Å². The number of benzene rings is 1. The van der Waals surface area contributed by atoms with Crippen molar-refractivity contribution in [3.63, 3.8) is 0 Å². The van der Waals surface area contributed by atoms with E-state index in [1.165, 1.54) is 0 Å². The van der Waals surface area contributed by atoms with E-state index in [1.807, 2.05) is 43.4 Å². The fraction of sp³-hybridized carbons (Fsp3) is 0.261. The van der Waals surface area contributed by atoms with Gasteiger partial charge >= 0.3 is 0 Å². The van der Waals surface area contributed by atoms with Gasteiger partial charge in [-0.25, -0.2) is 19.9 Å². The van der Waals surface area contributed by atoms with Gasteiger partial charge in [0.2, 0.25) is 5.95 Å². The van der Waals surface area contributed by atoms with Crippen LogP contribution in [-0.4, -0.2) is 64.1 Å². The number of carbonyl (C=O) groups excluding carboxylic acids is 1. The summed E-state index contributed by atoms with van der Waals surface area (Å²) < 4.78 is 6.52. The van der Waals surface area contributed by atoms with E-state index in [1.54, 1.807) is 28.6 Å². The maximum absolute atomic E-state index is 12.8. The highest BCUT2D eigenvalue weighted by molar-refractivity contribution is 7.19. The summed E-state index contributed by atoms with van der Waals surface area (Å²) in [5.41, 5.74) is 7.84. The van der Waals surface area contributed by atoms with Gasteiger partial charge < -0.3 is 20.3 Å². The molecular formula is C23H23N7O2S. The van der Waals surface area contributed by atoms with Crippen LogP contribution < -0.4 is 10.6 Å². The molecular weight excluding hydrogens is 438 g/mol. The molecule has 33 heavy (non-hydrogen) atoms. The maximum atomic E-state index is 12.8. The van der Waals surface area contributed by atoms with Crippen LogP contribution in [-0.2, 0) is 11.3 Å². The number of nitrogen functional groups attached to an aromatic ring is 1. The van der Waals surface area contributed by atoms with Crippen molar-refractivity contribution in [2.45, 2.75) is 6.54 Å². The quantitative estimate of drug-likeness (QED) is 0.483. The second-order valence-electron chi connectivity index (χ2n) is 7.75. The lowest BCUT2D eigenvalue weighted by Crippen LogP contribution is -2.36. The molecule has 0 radical (unpaired) electrons. The normalized spacial score (nSPS) is 13.9. The number of nitrogens with two attached hydrogens (primary N) is 1. The second-order valence-corrected chi connectivity index (χ2v) is 8.89. The number of hydrogen-bond acceptors (Lipinski definition) is 9. The minimum Gasteiger partial charge on any atom is -0.378 e. The standard InChI is InChI=1S/C23H23N7O2S/c1-29(22(31)15-5-3-2-4-6-15)14-17-11-18-19(33-17)21(30-7-9-32-10-8-30)28-20(27-18)16-12-25-23(24)26-13-16/h2-6,11-13H,7-10,14H2,1H3,(H2,24,25,26). The zero-order chi connectivity index (χ0) is 22.8. The molecule has 1 aromatic carbocycles. The molecule has 4 aromatic rings. The molecule has 1 aliphatic heterocycles. The van der Waals surface area contributed by atoms with Crippen LogP contribution in [0.2, 0.25) is 0 Å². The molecule has 0 bridgehead atoms. The topological polar surface area (TPSA) is 110 Å². The summed E-state index contributed by atoms with van der Waals surface area (Å²) in [7, 11) is 1.81. The molecule has 0 saturated carbocycles. The van der Waals surface area contributed by atoms with E-state index in [2.05, 4.69) is 14.9 Å². The van der Waals surface area contributed by atoms with E-state index in [4.69, 9.17) is 20.4 Å². The SMILES string of the molecule is CN(Cc1cc2nc(-c3cnc(N)nc3)nc(N3CCOCC3)c2s1)C(=O)c1ccccc1. The lowest BCUT2D eigenvalue weighted by Gasteiger charge is -2.28. The molecule has 1 aliphatic rings. The van der Waals surface area contributed by atoms with Gasteiger partial charge in [0.05, 0.1) is 35.5 Å². The molecule has 1 amide bonds. The van der Waals surface area contributed by atoms with Crippen molar-refractivity contribution in [2.75, 3.05) is 44.0 Å². The monoisotopic (exact) mass is 461 g/mol. The third kappa shape index (κ3) is 4.48. The Morgan fingerprint density at radius 1 is 1.15 bits per heavy atom. The highest BCUT2D eigenvalue weighted by Gasteiger charge is 2.21. The molecule has 10 heteroatoms. The van der Waals surface area contributed by atoms with Gasteiger partial charge in [0, 0.05) is 43.0 Å². The summed E-state index contributed by atoms with van der Waals surface area (Å²) in [6.45, 7) is 3.29. The smallest absolute Gasteiger partial charge is 0.253 e. The third-order valence-electron chi connectivity index (χ3n) is 5.41. The van der Waals surface area contributed by atoms with E-state index >= 15 is 0 Å². The van der Waals surface area contributed by atoms with Gasteiger partial charge in [-0.1, -0.05) is 18.2 Å². The second kappa shape index (κ2) is 9.08. The summed E-state index contributed by atoms with van der Waals surface area (Å²) >= 11 is 1.61. The largest absolute Gasteiger partial charge is 0.378 e. The zero-order valence-corrected chi connectivity index (χ0v) is 19.0. The van der Waals surface area contributed by atoms with Crippen molar-refractivity contribution < 1.29 is 9.53 Å². The number of nitrogens with zero attached hydrogens (tertiary/aromatic N) is 6. The number of amides is 1. The van der Waals surface area contributed by atoms with E-state index in [9.17, 15) is 4.79 Å². The molecule has 9 nitrogen and oxygen atoms in total. The summed E-state index contributed by atoms with van der Waals surface area (Å²) in [5.74, 6) is 1.59. The van der Waals surface area contributed by atoms with E-state index in [0.29, 0.717) is 36.7 Å². The Bertz CT molecular complexity index is 1270. The lowest BCUT2D eigenvalue weighted by molar-refractivity contribution is 0.0786. The fourth-order valence-electron chi connectivity index (χ4n) is 3.72. The minimum absolute atomic E-state index is 0.0211.